The second-order valence-electron chi connectivity index (χ2n) is 10.2. The van der Waals surface area contributed by atoms with E-state index in [9.17, 15) is 4.79 Å². The molecule has 4 heterocycles. The average molecular weight is 579 g/mol. The van der Waals surface area contributed by atoms with Crippen LogP contribution in [0.3, 0.4) is 0 Å². The number of amides is 1. The standard InChI is InChI=1S/C29H32BrN5O3/c30-26-4-2-1-3-25(26)29(36)35-11-9-24(10-12-35)34-15-13-33(14-16-34)19-23-7-6-22(31-32-23)17-21-5-8-27-28(18-21)38-20-37-27/h1-8,18,24H,9-17,19-20H2. The molecule has 198 valence electrons. The third-order valence-electron chi connectivity index (χ3n) is 7.76. The van der Waals surface area contributed by atoms with Crippen LogP contribution < -0.4 is 9.47 Å². The van der Waals surface area contributed by atoms with E-state index in [1.54, 1.807) is 0 Å². The van der Waals surface area contributed by atoms with Crippen LogP contribution in [0.1, 0.15) is 40.2 Å². The van der Waals surface area contributed by atoms with Gasteiger partial charge in [0.05, 0.1) is 17.0 Å². The van der Waals surface area contributed by atoms with Crippen LogP contribution in [0.5, 0.6) is 11.5 Å². The fourth-order valence-corrected chi connectivity index (χ4v) is 6.04. The van der Waals surface area contributed by atoms with Gasteiger partial charge >= 0.3 is 0 Å². The number of piperazine rings is 1. The number of piperidine rings is 1. The Morgan fingerprint density at radius 1 is 0.868 bits per heavy atom. The molecule has 0 aliphatic carbocycles. The highest BCUT2D eigenvalue weighted by atomic mass is 79.9. The lowest BCUT2D eigenvalue weighted by Crippen LogP contribution is -2.53. The van der Waals surface area contributed by atoms with Crippen molar-refractivity contribution in [3.05, 3.63) is 81.6 Å². The first-order valence-corrected chi connectivity index (χ1v) is 14.1. The van der Waals surface area contributed by atoms with Crippen LogP contribution in [0, 0.1) is 0 Å². The van der Waals surface area contributed by atoms with Crippen molar-refractivity contribution in [3.63, 3.8) is 0 Å². The SMILES string of the molecule is O=C(c1ccccc1Br)N1CCC(N2CCN(Cc3ccc(Cc4ccc5c(c4)OCO5)nn3)CC2)CC1. The van der Waals surface area contributed by atoms with Crippen molar-refractivity contribution in [1.29, 1.82) is 0 Å². The van der Waals surface area contributed by atoms with Crippen molar-refractivity contribution in [2.75, 3.05) is 46.1 Å². The molecule has 8 nitrogen and oxygen atoms in total. The summed E-state index contributed by atoms with van der Waals surface area (Å²) >= 11 is 3.52. The number of halogens is 1. The molecule has 3 aliphatic rings. The first-order valence-electron chi connectivity index (χ1n) is 13.3. The van der Waals surface area contributed by atoms with Crippen LogP contribution in [0.4, 0.5) is 0 Å². The fraction of sp³-hybridized carbons (Fsp3) is 0.414. The molecule has 38 heavy (non-hydrogen) atoms. The molecule has 3 aliphatic heterocycles. The Hall–Kier alpha value is -3.01. The van der Waals surface area contributed by atoms with Gasteiger partial charge in [0.25, 0.3) is 5.91 Å². The van der Waals surface area contributed by atoms with Crippen molar-refractivity contribution < 1.29 is 14.3 Å². The third-order valence-corrected chi connectivity index (χ3v) is 8.45. The molecule has 2 aromatic carbocycles. The first-order chi connectivity index (χ1) is 18.6. The van der Waals surface area contributed by atoms with Crippen molar-refractivity contribution >= 4 is 21.8 Å². The molecule has 0 spiro atoms. The Bertz CT molecular complexity index is 1270. The lowest BCUT2D eigenvalue weighted by molar-refractivity contribution is 0.0465. The van der Waals surface area contributed by atoms with Gasteiger partial charge in [-0.25, -0.2) is 0 Å². The molecule has 1 amide bonds. The molecule has 2 fully saturated rings. The van der Waals surface area contributed by atoms with E-state index in [-0.39, 0.29) is 12.7 Å². The average Bonchev–Trinajstić information content (AvgIpc) is 3.43. The van der Waals surface area contributed by atoms with Gasteiger partial charge in [0.15, 0.2) is 11.5 Å². The maximum Gasteiger partial charge on any atom is 0.254 e. The van der Waals surface area contributed by atoms with E-state index in [1.807, 2.05) is 47.4 Å². The maximum atomic E-state index is 12.9. The fourth-order valence-electron chi connectivity index (χ4n) is 5.58. The topological polar surface area (TPSA) is 71.0 Å². The summed E-state index contributed by atoms with van der Waals surface area (Å²) in [6, 6.07) is 18.4. The molecule has 2 saturated heterocycles. The molecule has 0 atom stereocenters. The largest absolute Gasteiger partial charge is 0.454 e. The van der Waals surface area contributed by atoms with Crippen molar-refractivity contribution in [2.45, 2.75) is 31.8 Å². The Labute approximate surface area is 231 Å². The number of rotatable bonds is 6. The number of ether oxygens (including phenoxy) is 2. The number of carbonyl (C=O) groups is 1. The summed E-state index contributed by atoms with van der Waals surface area (Å²) in [6.07, 6.45) is 2.79. The predicted molar refractivity (Wildman–Crippen MR) is 147 cm³/mol. The lowest BCUT2D eigenvalue weighted by Gasteiger charge is -2.42. The zero-order valence-electron chi connectivity index (χ0n) is 21.4. The number of likely N-dealkylation sites (tertiary alicyclic amines) is 1. The van der Waals surface area contributed by atoms with E-state index < -0.39 is 0 Å². The second-order valence-corrected chi connectivity index (χ2v) is 11.1. The van der Waals surface area contributed by atoms with Gasteiger partial charge in [-0.1, -0.05) is 18.2 Å². The van der Waals surface area contributed by atoms with E-state index in [4.69, 9.17) is 9.47 Å². The maximum absolute atomic E-state index is 12.9. The summed E-state index contributed by atoms with van der Waals surface area (Å²) < 4.78 is 11.7. The molecular weight excluding hydrogens is 546 g/mol. The van der Waals surface area contributed by atoms with E-state index in [0.29, 0.717) is 6.04 Å². The Kier molecular flexibility index (Phi) is 7.58. The van der Waals surface area contributed by atoms with E-state index >= 15 is 0 Å². The number of fused-ring (bicyclic) bond motifs is 1. The number of hydrogen-bond acceptors (Lipinski definition) is 7. The first kappa shape index (κ1) is 25.3. The highest BCUT2D eigenvalue weighted by Crippen LogP contribution is 2.33. The molecule has 0 bridgehead atoms. The number of nitrogens with zero attached hydrogens (tertiary/aromatic N) is 5. The Balaban J connectivity index is 0.950. The zero-order chi connectivity index (χ0) is 25.9. The molecule has 9 heteroatoms. The number of carbonyl (C=O) groups excluding carboxylic acids is 1. The van der Waals surface area contributed by atoms with Gasteiger partial charge in [0.2, 0.25) is 6.79 Å². The van der Waals surface area contributed by atoms with Crippen LogP contribution >= 0.6 is 15.9 Å². The Morgan fingerprint density at radius 3 is 2.37 bits per heavy atom. The smallest absolute Gasteiger partial charge is 0.254 e. The second kappa shape index (κ2) is 11.4. The van der Waals surface area contributed by atoms with E-state index in [0.717, 1.165) is 104 Å². The quantitative estimate of drug-likeness (QED) is 0.439. The summed E-state index contributed by atoms with van der Waals surface area (Å²) in [5, 5.41) is 8.98. The van der Waals surface area contributed by atoms with Crippen molar-refractivity contribution in [3.8, 4) is 11.5 Å². The molecule has 0 unspecified atom stereocenters. The molecule has 0 radical (unpaired) electrons. The number of hydrogen-bond donors (Lipinski definition) is 0. The van der Waals surface area contributed by atoms with Crippen LogP contribution in [-0.4, -0.2) is 82.9 Å². The predicted octanol–water partition coefficient (Wildman–Crippen LogP) is 3.98. The van der Waals surface area contributed by atoms with Gasteiger partial charge in [-0.15, -0.1) is 0 Å². The minimum atomic E-state index is 0.128. The Morgan fingerprint density at radius 2 is 1.61 bits per heavy atom. The lowest BCUT2D eigenvalue weighted by atomic mass is 10.0. The van der Waals surface area contributed by atoms with E-state index in [2.05, 4.69) is 48.1 Å². The summed E-state index contributed by atoms with van der Waals surface area (Å²) in [7, 11) is 0. The van der Waals surface area contributed by atoms with Crippen LogP contribution in [0.15, 0.2) is 59.1 Å². The number of aromatic nitrogens is 2. The van der Waals surface area contributed by atoms with Crippen LogP contribution in [0.25, 0.3) is 0 Å². The van der Waals surface area contributed by atoms with Crippen molar-refractivity contribution in [1.82, 2.24) is 24.9 Å². The minimum Gasteiger partial charge on any atom is -0.454 e. The van der Waals surface area contributed by atoms with Gasteiger partial charge in [-0.3, -0.25) is 14.6 Å². The highest BCUT2D eigenvalue weighted by molar-refractivity contribution is 9.10. The highest BCUT2D eigenvalue weighted by Gasteiger charge is 2.30. The molecule has 0 N–H and O–H groups in total. The molecular formula is C29H32BrN5O3. The monoisotopic (exact) mass is 577 g/mol. The minimum absolute atomic E-state index is 0.128. The summed E-state index contributed by atoms with van der Waals surface area (Å²) in [6.45, 7) is 6.90. The summed E-state index contributed by atoms with van der Waals surface area (Å²) in [5.74, 6) is 1.72. The summed E-state index contributed by atoms with van der Waals surface area (Å²) in [4.78, 5) is 20.0. The number of benzene rings is 2. The molecule has 1 aromatic heterocycles. The van der Waals surface area contributed by atoms with Gasteiger partial charge in [-0.05, 0) is 70.7 Å². The van der Waals surface area contributed by atoms with Gasteiger partial charge in [0.1, 0.15) is 0 Å². The molecule has 6 rings (SSSR count). The van der Waals surface area contributed by atoms with E-state index in [1.165, 1.54) is 0 Å². The van der Waals surface area contributed by atoms with Gasteiger partial charge < -0.3 is 14.4 Å². The van der Waals surface area contributed by atoms with Crippen LogP contribution in [-0.2, 0) is 13.0 Å². The summed E-state index contributed by atoms with van der Waals surface area (Å²) in [5.41, 5.74) is 3.84. The molecule has 3 aromatic rings. The molecule has 0 saturated carbocycles. The van der Waals surface area contributed by atoms with Crippen LogP contribution in [0.2, 0.25) is 0 Å². The zero-order valence-corrected chi connectivity index (χ0v) is 23.0. The third kappa shape index (κ3) is 5.70. The van der Waals surface area contributed by atoms with Gasteiger partial charge in [0, 0.05) is 62.7 Å². The normalized spacial score (nSPS) is 18.6. The van der Waals surface area contributed by atoms with Crippen molar-refractivity contribution in [2.24, 2.45) is 0 Å². The van der Waals surface area contributed by atoms with Gasteiger partial charge in [-0.2, -0.15) is 10.2 Å².